The molecule has 0 unspecified atom stereocenters. The quantitative estimate of drug-likeness (QED) is 0.857. The maximum absolute atomic E-state index is 12.5. The monoisotopic (exact) mass is 277 g/mol. The molecule has 0 aromatic heterocycles. The van der Waals surface area contributed by atoms with Crippen molar-refractivity contribution in [2.75, 3.05) is 0 Å². The molecule has 0 spiro atoms. The zero-order valence-corrected chi connectivity index (χ0v) is 13.4. The minimum absolute atomic E-state index is 0.0509. The van der Waals surface area contributed by atoms with Crippen molar-refractivity contribution in [3.63, 3.8) is 0 Å². The number of ether oxygens (including phenoxy) is 1. The average Bonchev–Trinajstić information content (AvgIpc) is 2.34. The van der Waals surface area contributed by atoms with E-state index in [1.54, 1.807) is 0 Å². The van der Waals surface area contributed by atoms with Gasteiger partial charge in [0.2, 0.25) is 0 Å². The summed E-state index contributed by atoms with van der Waals surface area (Å²) in [5.74, 6) is 1.38. The molecule has 0 saturated carbocycles. The van der Waals surface area contributed by atoms with Crippen LogP contribution in [-0.4, -0.2) is 18.1 Å². The predicted octanol–water partition coefficient (Wildman–Crippen LogP) is 3.88. The van der Waals surface area contributed by atoms with E-state index in [1.807, 2.05) is 38.1 Å². The van der Waals surface area contributed by atoms with Crippen molar-refractivity contribution in [2.45, 2.75) is 53.7 Å². The summed E-state index contributed by atoms with van der Waals surface area (Å²) >= 11 is 0. The molecule has 1 N–H and O–H groups in total. The van der Waals surface area contributed by atoms with Gasteiger partial charge < -0.3 is 10.1 Å². The summed E-state index contributed by atoms with van der Waals surface area (Å²) in [6, 6.07) is 7.56. The number of amides is 1. The first-order valence-corrected chi connectivity index (χ1v) is 7.39. The van der Waals surface area contributed by atoms with Crippen LogP contribution in [0.2, 0.25) is 0 Å². The molecule has 0 aliphatic carbocycles. The smallest absolute Gasteiger partial charge is 0.255 e. The average molecular weight is 277 g/mol. The molecule has 1 aromatic rings. The van der Waals surface area contributed by atoms with E-state index in [1.165, 1.54) is 0 Å². The molecule has 20 heavy (non-hydrogen) atoms. The fourth-order valence-electron chi connectivity index (χ4n) is 2.34. The van der Waals surface area contributed by atoms with E-state index in [9.17, 15) is 4.79 Å². The SMILES string of the molecule is CC(C)Oc1ccccc1C(=O)NC(C(C)C)C(C)C. The number of rotatable bonds is 6. The van der Waals surface area contributed by atoms with Crippen LogP contribution in [-0.2, 0) is 0 Å². The number of nitrogens with one attached hydrogen (secondary N) is 1. The third-order valence-corrected chi connectivity index (χ3v) is 3.23. The molecule has 1 rings (SSSR count). The topological polar surface area (TPSA) is 38.3 Å². The van der Waals surface area contributed by atoms with Crippen molar-refractivity contribution in [1.29, 1.82) is 0 Å². The van der Waals surface area contributed by atoms with Gasteiger partial charge in [-0.05, 0) is 37.8 Å². The Balaban J connectivity index is 2.91. The van der Waals surface area contributed by atoms with Crippen molar-refractivity contribution in [1.82, 2.24) is 5.32 Å². The lowest BCUT2D eigenvalue weighted by Gasteiger charge is -2.26. The van der Waals surface area contributed by atoms with Gasteiger partial charge in [-0.25, -0.2) is 0 Å². The highest BCUT2D eigenvalue weighted by Crippen LogP contribution is 2.20. The van der Waals surface area contributed by atoms with E-state index in [-0.39, 0.29) is 18.1 Å². The van der Waals surface area contributed by atoms with Gasteiger partial charge in [0.15, 0.2) is 0 Å². The number of carbonyl (C=O) groups is 1. The molecule has 0 radical (unpaired) electrons. The molecule has 1 aromatic carbocycles. The second kappa shape index (κ2) is 7.32. The van der Waals surface area contributed by atoms with Crippen molar-refractivity contribution < 1.29 is 9.53 Å². The number of carbonyl (C=O) groups excluding carboxylic acids is 1. The Morgan fingerprint density at radius 2 is 1.55 bits per heavy atom. The van der Waals surface area contributed by atoms with Gasteiger partial charge in [0.05, 0.1) is 11.7 Å². The first kappa shape index (κ1) is 16.5. The van der Waals surface area contributed by atoms with Crippen LogP contribution >= 0.6 is 0 Å². The number of hydrogen-bond acceptors (Lipinski definition) is 2. The van der Waals surface area contributed by atoms with Crippen LogP contribution < -0.4 is 10.1 Å². The number of hydrogen-bond donors (Lipinski definition) is 1. The Morgan fingerprint density at radius 1 is 1.00 bits per heavy atom. The molecule has 0 fully saturated rings. The third kappa shape index (κ3) is 4.55. The van der Waals surface area contributed by atoms with Gasteiger partial charge >= 0.3 is 0 Å². The standard InChI is InChI=1S/C17H27NO2/c1-11(2)16(12(3)4)18-17(19)14-9-7-8-10-15(14)20-13(5)6/h7-13,16H,1-6H3,(H,18,19). The minimum atomic E-state index is -0.0614. The highest BCUT2D eigenvalue weighted by Gasteiger charge is 2.22. The minimum Gasteiger partial charge on any atom is -0.490 e. The largest absolute Gasteiger partial charge is 0.490 e. The van der Waals surface area contributed by atoms with Crippen molar-refractivity contribution in [3.8, 4) is 5.75 Å². The second-order valence-corrected chi connectivity index (χ2v) is 6.15. The zero-order valence-electron chi connectivity index (χ0n) is 13.4. The first-order chi connectivity index (χ1) is 9.32. The summed E-state index contributed by atoms with van der Waals surface area (Å²) in [5.41, 5.74) is 0.604. The Labute approximate surface area is 122 Å². The molecule has 0 aliphatic rings. The lowest BCUT2D eigenvalue weighted by molar-refractivity contribution is 0.0904. The highest BCUT2D eigenvalue weighted by molar-refractivity contribution is 5.97. The van der Waals surface area contributed by atoms with Crippen LogP contribution in [0.3, 0.4) is 0 Å². The second-order valence-electron chi connectivity index (χ2n) is 6.15. The van der Waals surface area contributed by atoms with E-state index in [4.69, 9.17) is 4.74 Å². The fourth-order valence-corrected chi connectivity index (χ4v) is 2.34. The zero-order chi connectivity index (χ0) is 15.3. The van der Waals surface area contributed by atoms with Gasteiger partial charge in [-0.3, -0.25) is 4.79 Å². The first-order valence-electron chi connectivity index (χ1n) is 7.39. The van der Waals surface area contributed by atoms with E-state index in [2.05, 4.69) is 33.0 Å². The third-order valence-electron chi connectivity index (χ3n) is 3.23. The molecule has 0 aliphatic heterocycles. The Morgan fingerprint density at radius 3 is 2.05 bits per heavy atom. The van der Waals surface area contributed by atoms with Crippen LogP contribution in [0.4, 0.5) is 0 Å². The molecular weight excluding hydrogens is 250 g/mol. The number of para-hydroxylation sites is 1. The van der Waals surface area contributed by atoms with Gasteiger partial charge in [-0.15, -0.1) is 0 Å². The van der Waals surface area contributed by atoms with Crippen LogP contribution in [0.1, 0.15) is 51.9 Å². The molecule has 1 amide bonds. The Hall–Kier alpha value is -1.51. The highest BCUT2D eigenvalue weighted by atomic mass is 16.5. The molecule has 0 bridgehead atoms. The van der Waals surface area contributed by atoms with Crippen LogP contribution in [0.25, 0.3) is 0 Å². The van der Waals surface area contributed by atoms with Gasteiger partial charge in [-0.1, -0.05) is 39.8 Å². The van der Waals surface area contributed by atoms with Gasteiger partial charge in [-0.2, -0.15) is 0 Å². The molecule has 0 heterocycles. The lowest BCUT2D eigenvalue weighted by atomic mass is 9.93. The summed E-state index contributed by atoms with van der Waals surface area (Å²) in [7, 11) is 0. The van der Waals surface area contributed by atoms with Crippen molar-refractivity contribution in [3.05, 3.63) is 29.8 Å². The van der Waals surface area contributed by atoms with Crippen LogP contribution in [0.15, 0.2) is 24.3 Å². The van der Waals surface area contributed by atoms with E-state index >= 15 is 0 Å². The maximum atomic E-state index is 12.5. The van der Waals surface area contributed by atoms with Gasteiger partial charge in [0, 0.05) is 6.04 Å². The van der Waals surface area contributed by atoms with Gasteiger partial charge in [0.1, 0.15) is 5.75 Å². The number of benzene rings is 1. The molecule has 3 nitrogen and oxygen atoms in total. The van der Waals surface area contributed by atoms with E-state index < -0.39 is 0 Å². The van der Waals surface area contributed by atoms with E-state index in [0.29, 0.717) is 23.1 Å². The van der Waals surface area contributed by atoms with Crippen LogP contribution in [0.5, 0.6) is 5.75 Å². The Bertz CT molecular complexity index is 430. The van der Waals surface area contributed by atoms with E-state index in [0.717, 1.165) is 0 Å². The predicted molar refractivity (Wildman–Crippen MR) is 83.1 cm³/mol. The molecule has 3 heteroatoms. The normalized spacial score (nSPS) is 11.5. The molecular formula is C17H27NO2. The maximum Gasteiger partial charge on any atom is 0.255 e. The molecule has 0 atom stereocenters. The summed E-state index contributed by atoms with van der Waals surface area (Å²) in [5, 5.41) is 3.13. The summed E-state index contributed by atoms with van der Waals surface area (Å²) in [6.45, 7) is 12.4. The molecule has 0 saturated heterocycles. The molecule has 112 valence electrons. The Kier molecular flexibility index (Phi) is 6.05. The van der Waals surface area contributed by atoms with Gasteiger partial charge in [0.25, 0.3) is 5.91 Å². The summed E-state index contributed by atoms with van der Waals surface area (Å²) in [6.07, 6.45) is 0.0509. The summed E-state index contributed by atoms with van der Waals surface area (Å²) in [4.78, 5) is 12.5. The van der Waals surface area contributed by atoms with Crippen LogP contribution in [0, 0.1) is 11.8 Å². The fraction of sp³-hybridized carbons (Fsp3) is 0.588. The van der Waals surface area contributed by atoms with Crippen molar-refractivity contribution >= 4 is 5.91 Å². The van der Waals surface area contributed by atoms with Crippen molar-refractivity contribution in [2.24, 2.45) is 11.8 Å². The lowest BCUT2D eigenvalue weighted by Crippen LogP contribution is -2.42. The summed E-state index contributed by atoms with van der Waals surface area (Å²) < 4.78 is 5.71.